The standard InChI is InChI=1S/C14H11N3O2/c15-9-5-8-10(12(17)11(9)16)14(19)7-4-2-1-3-6(7)13(8)18/h1-5H,15-17H2. The summed E-state index contributed by atoms with van der Waals surface area (Å²) in [6.45, 7) is 0. The summed E-state index contributed by atoms with van der Waals surface area (Å²) in [4.78, 5) is 24.8. The lowest BCUT2D eigenvalue weighted by molar-refractivity contribution is 0.0980. The van der Waals surface area contributed by atoms with Gasteiger partial charge < -0.3 is 17.2 Å². The van der Waals surface area contributed by atoms with Crippen LogP contribution in [0.1, 0.15) is 31.8 Å². The highest BCUT2D eigenvalue weighted by Gasteiger charge is 2.32. The molecule has 5 nitrogen and oxygen atoms in total. The third-order valence-corrected chi connectivity index (χ3v) is 3.33. The second-order valence-electron chi connectivity index (χ2n) is 4.42. The van der Waals surface area contributed by atoms with Crippen molar-refractivity contribution >= 4 is 28.6 Å². The minimum atomic E-state index is -0.297. The van der Waals surface area contributed by atoms with E-state index in [4.69, 9.17) is 17.2 Å². The number of carbonyl (C=O) groups is 2. The number of hydrogen-bond donors (Lipinski definition) is 3. The molecule has 0 amide bonds. The second-order valence-corrected chi connectivity index (χ2v) is 4.42. The molecule has 3 rings (SSSR count). The molecule has 94 valence electrons. The number of rotatable bonds is 0. The molecule has 0 heterocycles. The molecule has 6 N–H and O–H groups in total. The summed E-state index contributed by atoms with van der Waals surface area (Å²) >= 11 is 0. The average Bonchev–Trinajstić information content (AvgIpc) is 2.42. The van der Waals surface area contributed by atoms with Crippen LogP contribution in [-0.4, -0.2) is 11.6 Å². The summed E-state index contributed by atoms with van der Waals surface area (Å²) in [5.41, 5.74) is 18.7. The van der Waals surface area contributed by atoms with Gasteiger partial charge in [0.25, 0.3) is 0 Å². The minimum Gasteiger partial charge on any atom is -0.397 e. The number of anilines is 3. The lowest BCUT2D eigenvalue weighted by Crippen LogP contribution is -2.23. The highest BCUT2D eigenvalue weighted by molar-refractivity contribution is 6.31. The summed E-state index contributed by atoms with van der Waals surface area (Å²) < 4.78 is 0. The Labute approximate surface area is 109 Å². The van der Waals surface area contributed by atoms with Crippen LogP contribution in [0.4, 0.5) is 17.1 Å². The summed E-state index contributed by atoms with van der Waals surface area (Å²) in [6, 6.07) is 8.04. The zero-order valence-electron chi connectivity index (χ0n) is 9.94. The Bertz CT molecular complexity index is 751. The molecule has 0 saturated heterocycles. The number of ketones is 2. The molecule has 2 aromatic carbocycles. The van der Waals surface area contributed by atoms with Gasteiger partial charge in [-0.05, 0) is 6.07 Å². The normalized spacial score (nSPS) is 13.1. The van der Waals surface area contributed by atoms with Crippen molar-refractivity contribution in [3.8, 4) is 0 Å². The van der Waals surface area contributed by atoms with E-state index in [2.05, 4.69) is 0 Å². The molecule has 0 atom stereocenters. The molecular weight excluding hydrogens is 242 g/mol. The fraction of sp³-hybridized carbons (Fsp3) is 0. The molecule has 5 heteroatoms. The van der Waals surface area contributed by atoms with Crippen LogP contribution in [0.3, 0.4) is 0 Å². The van der Waals surface area contributed by atoms with Crippen LogP contribution in [0.25, 0.3) is 0 Å². The van der Waals surface area contributed by atoms with Crippen molar-refractivity contribution in [2.75, 3.05) is 17.2 Å². The molecule has 19 heavy (non-hydrogen) atoms. The van der Waals surface area contributed by atoms with Gasteiger partial charge in [-0.2, -0.15) is 0 Å². The molecule has 0 bridgehead atoms. The summed E-state index contributed by atoms with van der Waals surface area (Å²) in [5.74, 6) is -0.557. The van der Waals surface area contributed by atoms with E-state index in [9.17, 15) is 9.59 Å². The maximum atomic E-state index is 12.4. The van der Waals surface area contributed by atoms with E-state index in [1.807, 2.05) is 0 Å². The van der Waals surface area contributed by atoms with Gasteiger partial charge in [0.15, 0.2) is 11.6 Å². The first-order valence-corrected chi connectivity index (χ1v) is 5.68. The van der Waals surface area contributed by atoms with Gasteiger partial charge in [-0.15, -0.1) is 0 Å². The van der Waals surface area contributed by atoms with E-state index in [0.29, 0.717) is 11.1 Å². The highest BCUT2D eigenvalue weighted by Crippen LogP contribution is 2.36. The highest BCUT2D eigenvalue weighted by atomic mass is 16.1. The first-order valence-electron chi connectivity index (χ1n) is 5.68. The predicted molar refractivity (Wildman–Crippen MR) is 73.0 cm³/mol. The van der Waals surface area contributed by atoms with Gasteiger partial charge in [0.1, 0.15) is 0 Å². The first kappa shape index (κ1) is 11.3. The topological polar surface area (TPSA) is 112 Å². The number of benzene rings is 2. The van der Waals surface area contributed by atoms with Crippen LogP contribution >= 0.6 is 0 Å². The lowest BCUT2D eigenvalue weighted by atomic mass is 9.82. The Kier molecular flexibility index (Phi) is 2.13. The van der Waals surface area contributed by atoms with Gasteiger partial charge in [-0.1, -0.05) is 24.3 Å². The third-order valence-electron chi connectivity index (χ3n) is 3.33. The minimum absolute atomic E-state index is 0.0721. The monoisotopic (exact) mass is 253 g/mol. The second kappa shape index (κ2) is 3.58. The number of nitrogen functional groups attached to an aromatic ring is 3. The van der Waals surface area contributed by atoms with Crippen molar-refractivity contribution in [1.82, 2.24) is 0 Å². The largest absolute Gasteiger partial charge is 0.397 e. The Hall–Kier alpha value is -2.82. The Morgan fingerprint density at radius 3 is 1.95 bits per heavy atom. The molecule has 0 unspecified atom stereocenters. The van der Waals surface area contributed by atoms with Crippen LogP contribution in [0.15, 0.2) is 30.3 Å². The van der Waals surface area contributed by atoms with Crippen molar-refractivity contribution in [2.24, 2.45) is 0 Å². The third kappa shape index (κ3) is 1.35. The summed E-state index contributed by atoms with van der Waals surface area (Å²) in [6.07, 6.45) is 0. The molecule has 1 aliphatic rings. The molecule has 0 fully saturated rings. The fourth-order valence-corrected chi connectivity index (χ4v) is 2.32. The maximum Gasteiger partial charge on any atom is 0.196 e. The van der Waals surface area contributed by atoms with Crippen LogP contribution in [0.2, 0.25) is 0 Å². The van der Waals surface area contributed by atoms with Gasteiger partial charge in [-0.25, -0.2) is 0 Å². The maximum absolute atomic E-state index is 12.4. The molecule has 0 aliphatic heterocycles. The van der Waals surface area contributed by atoms with Gasteiger partial charge in [0.2, 0.25) is 0 Å². The lowest BCUT2D eigenvalue weighted by Gasteiger charge is -2.20. The fourth-order valence-electron chi connectivity index (χ4n) is 2.32. The van der Waals surface area contributed by atoms with Crippen LogP contribution in [-0.2, 0) is 0 Å². The molecule has 1 aliphatic carbocycles. The molecule has 2 aromatic rings. The van der Waals surface area contributed by atoms with Gasteiger partial charge in [-0.3, -0.25) is 9.59 Å². The van der Waals surface area contributed by atoms with Crippen LogP contribution in [0, 0.1) is 0 Å². The molecular formula is C14H11N3O2. The van der Waals surface area contributed by atoms with Crippen LogP contribution in [0.5, 0.6) is 0 Å². The van der Waals surface area contributed by atoms with E-state index in [1.54, 1.807) is 24.3 Å². The van der Waals surface area contributed by atoms with Crippen molar-refractivity contribution in [3.63, 3.8) is 0 Å². The first-order chi connectivity index (χ1) is 9.02. The smallest absolute Gasteiger partial charge is 0.196 e. The van der Waals surface area contributed by atoms with E-state index in [1.165, 1.54) is 6.07 Å². The van der Waals surface area contributed by atoms with Crippen molar-refractivity contribution in [3.05, 3.63) is 52.6 Å². The van der Waals surface area contributed by atoms with E-state index in [-0.39, 0.29) is 39.8 Å². The Morgan fingerprint density at radius 1 is 0.737 bits per heavy atom. The van der Waals surface area contributed by atoms with E-state index in [0.717, 1.165) is 0 Å². The molecule has 0 saturated carbocycles. The molecule has 0 radical (unpaired) electrons. The Balaban J connectivity index is 2.40. The number of carbonyl (C=O) groups excluding carboxylic acids is 2. The summed E-state index contributed by atoms with van der Waals surface area (Å²) in [5, 5.41) is 0. The van der Waals surface area contributed by atoms with E-state index >= 15 is 0 Å². The molecule has 0 spiro atoms. The number of fused-ring (bicyclic) bond motifs is 2. The average molecular weight is 253 g/mol. The van der Waals surface area contributed by atoms with E-state index < -0.39 is 0 Å². The van der Waals surface area contributed by atoms with Crippen molar-refractivity contribution < 1.29 is 9.59 Å². The van der Waals surface area contributed by atoms with Gasteiger partial charge >= 0.3 is 0 Å². The SMILES string of the molecule is Nc1cc2c(c(N)c1N)C(=O)c1ccccc1C2=O. The zero-order valence-corrected chi connectivity index (χ0v) is 9.94. The van der Waals surface area contributed by atoms with Crippen molar-refractivity contribution in [2.45, 2.75) is 0 Å². The van der Waals surface area contributed by atoms with Crippen molar-refractivity contribution in [1.29, 1.82) is 0 Å². The quantitative estimate of drug-likeness (QED) is 0.521. The predicted octanol–water partition coefficient (Wildman–Crippen LogP) is 1.21. The van der Waals surface area contributed by atoms with Gasteiger partial charge in [0.05, 0.1) is 22.6 Å². The number of hydrogen-bond acceptors (Lipinski definition) is 5. The van der Waals surface area contributed by atoms with Crippen LogP contribution < -0.4 is 17.2 Å². The van der Waals surface area contributed by atoms with Gasteiger partial charge in [0, 0.05) is 16.7 Å². The molecule has 0 aromatic heterocycles. The summed E-state index contributed by atoms with van der Waals surface area (Å²) in [7, 11) is 0. The Morgan fingerprint density at radius 2 is 1.32 bits per heavy atom. The zero-order chi connectivity index (χ0) is 13.7. The number of nitrogens with two attached hydrogens (primary N) is 3.